The van der Waals surface area contributed by atoms with Crippen LogP contribution in [0.25, 0.3) is 0 Å². The van der Waals surface area contributed by atoms with Crippen molar-refractivity contribution in [3.05, 3.63) is 11.4 Å². The second-order valence-corrected chi connectivity index (χ2v) is 5.53. The first-order valence-electron chi connectivity index (χ1n) is 7.70. The molecule has 0 saturated heterocycles. The van der Waals surface area contributed by atoms with E-state index in [1.54, 1.807) is 0 Å². The number of hydrogen-bond acceptors (Lipinski definition) is 5. The summed E-state index contributed by atoms with van der Waals surface area (Å²) < 4.78 is 0. The van der Waals surface area contributed by atoms with E-state index >= 15 is 0 Å². The van der Waals surface area contributed by atoms with Gasteiger partial charge in [0.2, 0.25) is 0 Å². The molecule has 1 aliphatic rings. The molecule has 1 fully saturated rings. The van der Waals surface area contributed by atoms with Crippen LogP contribution >= 0.6 is 0 Å². The second kappa shape index (κ2) is 6.88. The fraction of sp³-hybridized carbons (Fsp3) is 0.733. The van der Waals surface area contributed by atoms with E-state index in [9.17, 15) is 5.11 Å². The molecule has 1 heterocycles. The van der Waals surface area contributed by atoms with E-state index < -0.39 is 0 Å². The Morgan fingerprint density at radius 3 is 2.40 bits per heavy atom. The van der Waals surface area contributed by atoms with Gasteiger partial charge < -0.3 is 15.7 Å². The number of aromatic nitrogens is 2. The topological polar surface area (TPSA) is 70.1 Å². The fourth-order valence-corrected chi connectivity index (χ4v) is 2.22. The lowest BCUT2D eigenvalue weighted by Gasteiger charge is -2.16. The van der Waals surface area contributed by atoms with Crippen molar-refractivity contribution in [1.29, 1.82) is 0 Å². The maximum absolute atomic E-state index is 9.84. The third-order valence-electron chi connectivity index (χ3n) is 3.58. The summed E-state index contributed by atoms with van der Waals surface area (Å²) in [5, 5.41) is 16.4. The van der Waals surface area contributed by atoms with Gasteiger partial charge in [-0.05, 0) is 33.1 Å². The Hall–Kier alpha value is -1.36. The molecule has 1 saturated carbocycles. The molecule has 2 rings (SSSR count). The van der Waals surface area contributed by atoms with Crippen LogP contribution in [0.4, 0.5) is 11.6 Å². The third-order valence-corrected chi connectivity index (χ3v) is 3.58. The van der Waals surface area contributed by atoms with Crippen molar-refractivity contribution >= 4 is 11.6 Å². The van der Waals surface area contributed by atoms with E-state index in [0.717, 1.165) is 42.4 Å². The van der Waals surface area contributed by atoms with E-state index in [1.165, 1.54) is 12.8 Å². The van der Waals surface area contributed by atoms with Crippen LogP contribution in [0.5, 0.6) is 0 Å². The SMILES string of the molecule is CCCC(O)CNc1nc(C2CC2)nc(NCC)c1C. The van der Waals surface area contributed by atoms with Crippen LogP contribution in [0.2, 0.25) is 0 Å². The Bertz CT molecular complexity index is 446. The second-order valence-electron chi connectivity index (χ2n) is 5.53. The van der Waals surface area contributed by atoms with Crippen LogP contribution in [0.15, 0.2) is 0 Å². The Balaban J connectivity index is 2.12. The Morgan fingerprint density at radius 1 is 1.20 bits per heavy atom. The maximum atomic E-state index is 9.84. The smallest absolute Gasteiger partial charge is 0.136 e. The fourth-order valence-electron chi connectivity index (χ4n) is 2.22. The van der Waals surface area contributed by atoms with E-state index in [-0.39, 0.29) is 6.10 Å². The molecule has 0 radical (unpaired) electrons. The maximum Gasteiger partial charge on any atom is 0.136 e. The first kappa shape index (κ1) is 15.0. The number of nitrogens with one attached hydrogen (secondary N) is 2. The molecule has 1 unspecified atom stereocenters. The van der Waals surface area contributed by atoms with Crippen LogP contribution in [0, 0.1) is 6.92 Å². The minimum Gasteiger partial charge on any atom is -0.391 e. The highest BCUT2D eigenvalue weighted by Gasteiger charge is 2.28. The van der Waals surface area contributed by atoms with Crippen LogP contribution in [-0.4, -0.2) is 34.3 Å². The molecule has 0 aliphatic heterocycles. The minimum absolute atomic E-state index is 0.318. The van der Waals surface area contributed by atoms with Gasteiger partial charge in [-0.2, -0.15) is 0 Å². The normalized spacial score (nSPS) is 16.0. The van der Waals surface area contributed by atoms with E-state index in [4.69, 9.17) is 0 Å². The van der Waals surface area contributed by atoms with Crippen molar-refractivity contribution in [2.24, 2.45) is 0 Å². The van der Waals surface area contributed by atoms with Gasteiger partial charge in [0.15, 0.2) is 0 Å². The average Bonchev–Trinajstić information content (AvgIpc) is 3.24. The zero-order chi connectivity index (χ0) is 14.5. The number of hydrogen-bond donors (Lipinski definition) is 3. The zero-order valence-corrected chi connectivity index (χ0v) is 12.7. The zero-order valence-electron chi connectivity index (χ0n) is 12.7. The molecule has 1 aromatic rings. The van der Waals surface area contributed by atoms with Crippen molar-refractivity contribution in [3.8, 4) is 0 Å². The monoisotopic (exact) mass is 278 g/mol. The minimum atomic E-state index is -0.318. The third kappa shape index (κ3) is 3.82. The van der Waals surface area contributed by atoms with Crippen LogP contribution in [0.1, 0.15) is 56.8 Å². The Morgan fingerprint density at radius 2 is 1.85 bits per heavy atom. The molecular weight excluding hydrogens is 252 g/mol. The molecule has 1 aliphatic carbocycles. The largest absolute Gasteiger partial charge is 0.391 e. The van der Waals surface area contributed by atoms with Gasteiger partial charge in [0, 0.05) is 24.6 Å². The Labute approximate surface area is 121 Å². The Kier molecular flexibility index (Phi) is 5.17. The molecule has 5 nitrogen and oxygen atoms in total. The summed E-state index contributed by atoms with van der Waals surface area (Å²) in [5.74, 6) is 3.22. The molecule has 5 heteroatoms. The molecule has 1 aromatic heterocycles. The van der Waals surface area contributed by atoms with E-state index in [1.807, 2.05) is 6.92 Å². The van der Waals surface area contributed by atoms with Crippen LogP contribution in [0.3, 0.4) is 0 Å². The van der Waals surface area contributed by atoms with Gasteiger partial charge in [-0.3, -0.25) is 0 Å². The molecule has 112 valence electrons. The lowest BCUT2D eigenvalue weighted by molar-refractivity contribution is 0.176. The van der Waals surface area contributed by atoms with Crippen molar-refractivity contribution in [2.45, 2.75) is 58.5 Å². The molecule has 20 heavy (non-hydrogen) atoms. The number of rotatable bonds is 8. The van der Waals surface area contributed by atoms with Crippen molar-refractivity contribution in [1.82, 2.24) is 9.97 Å². The number of nitrogens with zero attached hydrogens (tertiary/aromatic N) is 2. The summed E-state index contributed by atoms with van der Waals surface area (Å²) in [4.78, 5) is 9.26. The summed E-state index contributed by atoms with van der Waals surface area (Å²) >= 11 is 0. The number of aliphatic hydroxyl groups excluding tert-OH is 1. The summed E-state index contributed by atoms with van der Waals surface area (Å²) in [6, 6.07) is 0. The van der Waals surface area contributed by atoms with Gasteiger partial charge in [0.05, 0.1) is 6.10 Å². The van der Waals surface area contributed by atoms with E-state index in [0.29, 0.717) is 12.5 Å². The van der Waals surface area contributed by atoms with Crippen molar-refractivity contribution in [3.63, 3.8) is 0 Å². The van der Waals surface area contributed by atoms with Gasteiger partial charge in [-0.1, -0.05) is 13.3 Å². The quantitative estimate of drug-likeness (QED) is 0.682. The van der Waals surface area contributed by atoms with Gasteiger partial charge in [0.25, 0.3) is 0 Å². The molecule has 0 amide bonds. The number of aliphatic hydroxyl groups is 1. The summed E-state index contributed by atoms with van der Waals surface area (Å²) in [5.41, 5.74) is 1.03. The highest BCUT2D eigenvalue weighted by Crippen LogP contribution is 2.39. The first-order valence-corrected chi connectivity index (χ1v) is 7.70. The predicted molar refractivity (Wildman–Crippen MR) is 82.3 cm³/mol. The predicted octanol–water partition coefficient (Wildman–Crippen LogP) is 2.67. The summed E-state index contributed by atoms with van der Waals surface area (Å²) in [6.45, 7) is 7.55. The molecule has 0 spiro atoms. The lowest BCUT2D eigenvalue weighted by Crippen LogP contribution is -2.21. The van der Waals surface area contributed by atoms with Crippen molar-refractivity contribution < 1.29 is 5.11 Å². The molecular formula is C15H26N4O. The van der Waals surface area contributed by atoms with Crippen LogP contribution in [-0.2, 0) is 0 Å². The molecule has 0 aromatic carbocycles. The van der Waals surface area contributed by atoms with Crippen molar-refractivity contribution in [2.75, 3.05) is 23.7 Å². The van der Waals surface area contributed by atoms with E-state index in [2.05, 4.69) is 34.4 Å². The highest BCUT2D eigenvalue weighted by atomic mass is 16.3. The molecule has 3 N–H and O–H groups in total. The van der Waals surface area contributed by atoms with Gasteiger partial charge >= 0.3 is 0 Å². The average molecular weight is 278 g/mol. The first-order chi connectivity index (χ1) is 9.65. The van der Waals surface area contributed by atoms with Crippen LogP contribution < -0.4 is 10.6 Å². The van der Waals surface area contributed by atoms with Gasteiger partial charge in [-0.25, -0.2) is 9.97 Å². The lowest BCUT2D eigenvalue weighted by atomic mass is 10.2. The molecule has 1 atom stereocenters. The standard InChI is InChI=1S/C15H26N4O/c1-4-6-12(20)9-17-14-10(3)13(16-5-2)18-15(19-14)11-7-8-11/h11-12,20H,4-9H2,1-3H3,(H2,16,17,18,19). The summed E-state index contributed by atoms with van der Waals surface area (Å²) in [7, 11) is 0. The number of anilines is 2. The molecule has 0 bridgehead atoms. The summed E-state index contributed by atoms with van der Waals surface area (Å²) in [6.07, 6.45) is 3.86. The van der Waals surface area contributed by atoms with Gasteiger partial charge in [0.1, 0.15) is 17.5 Å². The van der Waals surface area contributed by atoms with Gasteiger partial charge in [-0.15, -0.1) is 0 Å². The highest BCUT2D eigenvalue weighted by molar-refractivity contribution is 5.57.